The number of hydrogen-bond donors (Lipinski definition) is 1. The minimum Gasteiger partial charge on any atom is -0.493 e. The fourth-order valence-electron chi connectivity index (χ4n) is 1.68. The van der Waals surface area contributed by atoms with Crippen LogP contribution in [0.2, 0.25) is 0 Å². The molecule has 1 unspecified atom stereocenters. The molecule has 17 heavy (non-hydrogen) atoms. The summed E-state index contributed by atoms with van der Waals surface area (Å²) in [5.74, 6) is 1.71. The minimum absolute atomic E-state index is 0.324. The molecule has 0 saturated heterocycles. The number of nitrogens with one attached hydrogen (secondary N) is 1. The van der Waals surface area contributed by atoms with Crippen molar-refractivity contribution in [2.24, 2.45) is 5.92 Å². The normalized spacial score (nSPS) is 12.8. The summed E-state index contributed by atoms with van der Waals surface area (Å²) in [6, 6.07) is 6.74. The molecule has 0 aliphatic heterocycles. The molecule has 0 radical (unpaired) electrons. The molecular weight excluding hydrogens is 210 g/mol. The SMILES string of the molecule is CNC(C)c1ccc(C)cc1OCCC(C)C. The van der Waals surface area contributed by atoms with Gasteiger partial charge in [0.2, 0.25) is 0 Å². The number of hydrogen-bond acceptors (Lipinski definition) is 2. The van der Waals surface area contributed by atoms with Crippen LogP contribution in [0.25, 0.3) is 0 Å². The van der Waals surface area contributed by atoms with E-state index in [2.05, 4.69) is 51.2 Å². The predicted molar refractivity (Wildman–Crippen MR) is 73.6 cm³/mol. The van der Waals surface area contributed by atoms with E-state index in [1.54, 1.807) is 0 Å². The molecule has 1 atom stereocenters. The van der Waals surface area contributed by atoms with Crippen LogP contribution in [0.15, 0.2) is 18.2 Å². The average molecular weight is 235 g/mol. The van der Waals surface area contributed by atoms with Gasteiger partial charge in [-0.25, -0.2) is 0 Å². The number of rotatable bonds is 6. The second kappa shape index (κ2) is 6.65. The van der Waals surface area contributed by atoms with E-state index in [-0.39, 0.29) is 0 Å². The van der Waals surface area contributed by atoms with E-state index in [1.807, 2.05) is 7.05 Å². The Bertz CT molecular complexity index is 347. The summed E-state index contributed by atoms with van der Waals surface area (Å²) in [6.07, 6.45) is 1.10. The van der Waals surface area contributed by atoms with Crippen molar-refractivity contribution in [1.82, 2.24) is 5.32 Å². The van der Waals surface area contributed by atoms with Gasteiger partial charge in [0.1, 0.15) is 5.75 Å². The largest absolute Gasteiger partial charge is 0.493 e. The van der Waals surface area contributed by atoms with Gasteiger partial charge in [0, 0.05) is 11.6 Å². The highest BCUT2D eigenvalue weighted by molar-refractivity contribution is 5.39. The summed E-state index contributed by atoms with van der Waals surface area (Å²) in [6.45, 7) is 9.49. The maximum absolute atomic E-state index is 5.91. The third-order valence-electron chi connectivity index (χ3n) is 3.02. The van der Waals surface area contributed by atoms with Crippen molar-refractivity contribution < 1.29 is 4.74 Å². The molecule has 2 nitrogen and oxygen atoms in total. The van der Waals surface area contributed by atoms with Crippen molar-refractivity contribution in [1.29, 1.82) is 0 Å². The Kier molecular flexibility index (Phi) is 5.49. The molecule has 0 aliphatic carbocycles. The lowest BCUT2D eigenvalue weighted by Gasteiger charge is -2.17. The van der Waals surface area contributed by atoms with Crippen LogP contribution in [0.3, 0.4) is 0 Å². The highest BCUT2D eigenvalue weighted by atomic mass is 16.5. The van der Waals surface area contributed by atoms with Crippen molar-refractivity contribution in [3.8, 4) is 5.75 Å². The van der Waals surface area contributed by atoms with Gasteiger partial charge < -0.3 is 10.1 Å². The third kappa shape index (κ3) is 4.39. The summed E-state index contributed by atoms with van der Waals surface area (Å²) >= 11 is 0. The van der Waals surface area contributed by atoms with E-state index in [1.165, 1.54) is 11.1 Å². The molecule has 0 aromatic heterocycles. The van der Waals surface area contributed by atoms with Crippen LogP contribution in [-0.4, -0.2) is 13.7 Å². The lowest BCUT2D eigenvalue weighted by Crippen LogP contribution is -2.14. The van der Waals surface area contributed by atoms with E-state index in [0.29, 0.717) is 12.0 Å². The molecule has 0 bridgehead atoms. The maximum atomic E-state index is 5.91. The van der Waals surface area contributed by atoms with Gasteiger partial charge in [-0.3, -0.25) is 0 Å². The zero-order chi connectivity index (χ0) is 12.8. The third-order valence-corrected chi connectivity index (χ3v) is 3.02. The smallest absolute Gasteiger partial charge is 0.124 e. The van der Waals surface area contributed by atoms with Gasteiger partial charge in [-0.05, 0) is 44.9 Å². The topological polar surface area (TPSA) is 21.3 Å². The molecule has 0 saturated carbocycles. The van der Waals surface area contributed by atoms with Crippen molar-refractivity contribution in [3.63, 3.8) is 0 Å². The standard InChI is InChI=1S/C15H25NO/c1-11(2)8-9-17-15-10-12(3)6-7-14(15)13(4)16-5/h6-7,10-11,13,16H,8-9H2,1-5H3. The van der Waals surface area contributed by atoms with Crippen molar-refractivity contribution in [3.05, 3.63) is 29.3 Å². The summed E-state index contributed by atoms with van der Waals surface area (Å²) in [5.41, 5.74) is 2.48. The molecule has 2 heteroatoms. The molecule has 96 valence electrons. The lowest BCUT2D eigenvalue weighted by atomic mass is 10.1. The molecule has 0 fully saturated rings. The van der Waals surface area contributed by atoms with E-state index in [9.17, 15) is 0 Å². The molecule has 0 amide bonds. The Hall–Kier alpha value is -1.02. The first-order chi connectivity index (χ1) is 8.04. The van der Waals surface area contributed by atoms with Crippen LogP contribution < -0.4 is 10.1 Å². The Balaban J connectivity index is 2.76. The monoisotopic (exact) mass is 235 g/mol. The van der Waals surface area contributed by atoms with Crippen LogP contribution >= 0.6 is 0 Å². The highest BCUT2D eigenvalue weighted by Crippen LogP contribution is 2.26. The van der Waals surface area contributed by atoms with Crippen LogP contribution in [0, 0.1) is 12.8 Å². The quantitative estimate of drug-likeness (QED) is 0.811. The first-order valence-electron chi connectivity index (χ1n) is 6.45. The van der Waals surface area contributed by atoms with E-state index in [0.717, 1.165) is 18.8 Å². The summed E-state index contributed by atoms with van der Waals surface area (Å²) < 4.78 is 5.91. The van der Waals surface area contributed by atoms with E-state index < -0.39 is 0 Å². The first kappa shape index (κ1) is 14.0. The fourth-order valence-corrected chi connectivity index (χ4v) is 1.68. The van der Waals surface area contributed by atoms with Gasteiger partial charge in [0.15, 0.2) is 0 Å². The number of benzene rings is 1. The molecular formula is C15H25NO. The second-order valence-corrected chi connectivity index (χ2v) is 5.08. The molecule has 1 aromatic carbocycles. The second-order valence-electron chi connectivity index (χ2n) is 5.08. The molecule has 0 spiro atoms. The van der Waals surface area contributed by atoms with Crippen LogP contribution in [0.5, 0.6) is 5.75 Å². The predicted octanol–water partition coefficient (Wildman–Crippen LogP) is 3.70. The van der Waals surface area contributed by atoms with Crippen molar-refractivity contribution in [2.75, 3.05) is 13.7 Å². The molecule has 0 aliphatic rings. The van der Waals surface area contributed by atoms with E-state index >= 15 is 0 Å². The zero-order valence-electron chi connectivity index (χ0n) is 11.7. The van der Waals surface area contributed by atoms with Gasteiger partial charge in [-0.1, -0.05) is 26.0 Å². The zero-order valence-corrected chi connectivity index (χ0v) is 11.7. The Labute approximate surface area is 105 Å². The highest BCUT2D eigenvalue weighted by Gasteiger charge is 2.10. The van der Waals surface area contributed by atoms with Gasteiger partial charge in [0.05, 0.1) is 6.61 Å². The van der Waals surface area contributed by atoms with Crippen molar-refractivity contribution in [2.45, 2.75) is 40.2 Å². The number of ether oxygens (including phenoxy) is 1. The summed E-state index contributed by atoms with van der Waals surface area (Å²) in [4.78, 5) is 0. The van der Waals surface area contributed by atoms with E-state index in [4.69, 9.17) is 4.74 Å². The van der Waals surface area contributed by atoms with Gasteiger partial charge in [-0.15, -0.1) is 0 Å². The number of aryl methyl sites for hydroxylation is 1. The lowest BCUT2D eigenvalue weighted by molar-refractivity contribution is 0.284. The summed E-state index contributed by atoms with van der Waals surface area (Å²) in [7, 11) is 1.97. The first-order valence-corrected chi connectivity index (χ1v) is 6.45. The molecule has 1 aromatic rings. The molecule has 0 heterocycles. The van der Waals surface area contributed by atoms with Crippen LogP contribution in [0.4, 0.5) is 0 Å². The molecule has 1 N–H and O–H groups in total. The van der Waals surface area contributed by atoms with Crippen molar-refractivity contribution >= 4 is 0 Å². The Morgan fingerprint density at radius 2 is 1.94 bits per heavy atom. The summed E-state index contributed by atoms with van der Waals surface area (Å²) in [5, 5.41) is 3.26. The minimum atomic E-state index is 0.324. The van der Waals surface area contributed by atoms with Crippen LogP contribution in [0.1, 0.15) is 44.4 Å². The maximum Gasteiger partial charge on any atom is 0.124 e. The van der Waals surface area contributed by atoms with Gasteiger partial charge in [-0.2, -0.15) is 0 Å². The molecule has 1 rings (SSSR count). The van der Waals surface area contributed by atoms with Gasteiger partial charge in [0.25, 0.3) is 0 Å². The fraction of sp³-hybridized carbons (Fsp3) is 0.600. The average Bonchev–Trinajstić information content (AvgIpc) is 2.28. The van der Waals surface area contributed by atoms with Gasteiger partial charge >= 0.3 is 0 Å². The Morgan fingerprint density at radius 3 is 2.53 bits per heavy atom. The Morgan fingerprint density at radius 1 is 1.24 bits per heavy atom. The van der Waals surface area contributed by atoms with Crippen LogP contribution in [-0.2, 0) is 0 Å².